The van der Waals surface area contributed by atoms with Crippen molar-refractivity contribution in [1.82, 2.24) is 9.88 Å². The second-order valence-electron chi connectivity index (χ2n) is 6.92. The molecule has 0 aliphatic heterocycles. The molecular weight excluding hydrogens is 407 g/mol. The van der Waals surface area contributed by atoms with Crippen LogP contribution < -0.4 is 4.90 Å². The van der Waals surface area contributed by atoms with Gasteiger partial charge in [0.15, 0.2) is 5.13 Å². The van der Waals surface area contributed by atoms with E-state index in [-0.39, 0.29) is 17.1 Å². The van der Waals surface area contributed by atoms with Gasteiger partial charge in [-0.15, -0.1) is 0 Å². The fourth-order valence-corrected chi connectivity index (χ4v) is 3.87. The van der Waals surface area contributed by atoms with Crippen molar-refractivity contribution in [3.05, 3.63) is 70.0 Å². The predicted molar refractivity (Wildman–Crippen MR) is 117 cm³/mol. The zero-order valence-electron chi connectivity index (χ0n) is 16.6. The molecule has 2 aromatic carbocycles. The number of carbonyl (C=O) groups is 1. The van der Waals surface area contributed by atoms with Crippen molar-refractivity contribution in [2.75, 3.05) is 32.1 Å². The van der Waals surface area contributed by atoms with E-state index in [0.717, 1.165) is 6.54 Å². The van der Waals surface area contributed by atoms with Crippen molar-refractivity contribution < 1.29 is 14.1 Å². The van der Waals surface area contributed by atoms with E-state index < -0.39 is 10.7 Å². The SMILES string of the molecule is CN(C)CCCN(C(=O)/C=C/c1cccc([N+](=O)[O-])c1)c1nc2c(F)cccc2s1. The molecular formula is C21H21FN4O3S. The summed E-state index contributed by atoms with van der Waals surface area (Å²) in [4.78, 5) is 31.3. The summed E-state index contributed by atoms with van der Waals surface area (Å²) < 4.78 is 14.7. The third kappa shape index (κ3) is 5.25. The molecule has 1 amide bonds. The molecule has 0 bridgehead atoms. The maximum Gasteiger partial charge on any atom is 0.270 e. The minimum Gasteiger partial charge on any atom is -0.309 e. The molecule has 0 saturated carbocycles. The Hall–Kier alpha value is -3.17. The summed E-state index contributed by atoms with van der Waals surface area (Å²) in [6.45, 7) is 1.19. The van der Waals surface area contributed by atoms with Gasteiger partial charge in [-0.3, -0.25) is 19.8 Å². The monoisotopic (exact) mass is 428 g/mol. The highest BCUT2D eigenvalue weighted by molar-refractivity contribution is 7.22. The maximum atomic E-state index is 14.1. The van der Waals surface area contributed by atoms with Crippen molar-refractivity contribution >= 4 is 44.4 Å². The average Bonchev–Trinajstić information content (AvgIpc) is 3.14. The Kier molecular flexibility index (Phi) is 6.86. The van der Waals surface area contributed by atoms with E-state index in [1.54, 1.807) is 24.3 Å². The van der Waals surface area contributed by atoms with Gasteiger partial charge in [-0.2, -0.15) is 0 Å². The number of carbonyl (C=O) groups excluding carboxylic acids is 1. The normalized spacial score (nSPS) is 11.5. The number of fused-ring (bicyclic) bond motifs is 1. The van der Waals surface area contributed by atoms with Crippen LogP contribution in [-0.2, 0) is 4.79 Å². The number of para-hydroxylation sites is 1. The molecule has 7 nitrogen and oxygen atoms in total. The van der Waals surface area contributed by atoms with E-state index in [1.165, 1.54) is 46.6 Å². The van der Waals surface area contributed by atoms with E-state index in [4.69, 9.17) is 0 Å². The zero-order valence-corrected chi connectivity index (χ0v) is 17.4. The Morgan fingerprint density at radius 2 is 2.00 bits per heavy atom. The summed E-state index contributed by atoms with van der Waals surface area (Å²) in [5, 5.41) is 11.4. The molecule has 1 heterocycles. The highest BCUT2D eigenvalue weighted by Gasteiger charge is 2.19. The summed E-state index contributed by atoms with van der Waals surface area (Å²) in [6, 6.07) is 10.7. The zero-order chi connectivity index (χ0) is 21.7. The van der Waals surface area contributed by atoms with E-state index in [2.05, 4.69) is 4.98 Å². The van der Waals surface area contributed by atoms with Crippen LogP contribution >= 0.6 is 11.3 Å². The number of benzene rings is 2. The van der Waals surface area contributed by atoms with Gasteiger partial charge in [0.2, 0.25) is 0 Å². The summed E-state index contributed by atoms with van der Waals surface area (Å²) >= 11 is 1.25. The lowest BCUT2D eigenvalue weighted by molar-refractivity contribution is -0.384. The number of non-ortho nitro benzene ring substituents is 1. The largest absolute Gasteiger partial charge is 0.309 e. The summed E-state index contributed by atoms with van der Waals surface area (Å²) in [5.41, 5.74) is 0.737. The first kappa shape index (κ1) is 21.5. The first-order valence-electron chi connectivity index (χ1n) is 9.29. The van der Waals surface area contributed by atoms with Gasteiger partial charge < -0.3 is 4.90 Å². The summed E-state index contributed by atoms with van der Waals surface area (Å²) in [6.07, 6.45) is 3.60. The second kappa shape index (κ2) is 9.55. The van der Waals surface area contributed by atoms with E-state index in [9.17, 15) is 19.3 Å². The molecule has 0 atom stereocenters. The number of anilines is 1. The first-order chi connectivity index (χ1) is 14.3. The van der Waals surface area contributed by atoms with Gasteiger partial charge in [0.1, 0.15) is 11.3 Å². The molecule has 0 aliphatic carbocycles. The molecule has 0 N–H and O–H groups in total. The van der Waals surface area contributed by atoms with Gasteiger partial charge >= 0.3 is 0 Å². The van der Waals surface area contributed by atoms with Crippen molar-refractivity contribution in [2.24, 2.45) is 0 Å². The number of hydrogen-bond donors (Lipinski definition) is 0. The number of nitro benzene ring substituents is 1. The molecule has 0 radical (unpaired) electrons. The number of hydrogen-bond acceptors (Lipinski definition) is 6. The van der Waals surface area contributed by atoms with Gasteiger partial charge in [0.05, 0.1) is 9.62 Å². The van der Waals surface area contributed by atoms with E-state index >= 15 is 0 Å². The maximum absolute atomic E-state index is 14.1. The third-order valence-electron chi connectivity index (χ3n) is 4.34. The van der Waals surface area contributed by atoms with E-state index in [0.29, 0.717) is 28.4 Å². The number of nitrogens with zero attached hydrogens (tertiary/aromatic N) is 4. The molecule has 1 aromatic heterocycles. The van der Waals surface area contributed by atoms with Crippen LogP contribution in [0, 0.1) is 15.9 Å². The van der Waals surface area contributed by atoms with Crippen LogP contribution in [0.15, 0.2) is 48.5 Å². The summed E-state index contributed by atoms with van der Waals surface area (Å²) in [5.74, 6) is -0.748. The molecule has 3 rings (SSSR count). The van der Waals surface area contributed by atoms with Crippen LogP contribution in [0.4, 0.5) is 15.2 Å². The molecule has 156 valence electrons. The molecule has 0 unspecified atom stereocenters. The molecule has 0 aliphatic rings. The van der Waals surface area contributed by atoms with Crippen molar-refractivity contribution in [3.8, 4) is 0 Å². The van der Waals surface area contributed by atoms with Crippen LogP contribution in [0.1, 0.15) is 12.0 Å². The van der Waals surface area contributed by atoms with Crippen LogP contribution in [0.3, 0.4) is 0 Å². The minimum absolute atomic E-state index is 0.0471. The summed E-state index contributed by atoms with van der Waals surface area (Å²) in [7, 11) is 3.89. The Morgan fingerprint density at radius 3 is 2.70 bits per heavy atom. The van der Waals surface area contributed by atoms with Crippen molar-refractivity contribution in [1.29, 1.82) is 0 Å². The Morgan fingerprint density at radius 1 is 1.23 bits per heavy atom. The number of nitro groups is 1. The van der Waals surface area contributed by atoms with Crippen LogP contribution in [0.2, 0.25) is 0 Å². The molecule has 9 heteroatoms. The standard InChI is InChI=1S/C21H21FN4O3S/c1-24(2)12-5-13-25(21-23-20-17(22)8-4-9-18(20)30-21)19(27)11-10-15-6-3-7-16(14-15)26(28)29/h3-4,6-11,14H,5,12-13H2,1-2H3/b11-10+. The lowest BCUT2D eigenvalue weighted by atomic mass is 10.2. The Labute approximate surface area is 177 Å². The third-order valence-corrected chi connectivity index (χ3v) is 5.39. The van der Waals surface area contributed by atoms with Gasteiger partial charge in [0.25, 0.3) is 11.6 Å². The molecule has 30 heavy (non-hydrogen) atoms. The smallest absolute Gasteiger partial charge is 0.270 e. The molecule has 0 spiro atoms. The second-order valence-corrected chi connectivity index (χ2v) is 7.92. The van der Waals surface area contributed by atoms with Gasteiger partial charge in [-0.25, -0.2) is 9.37 Å². The molecule has 0 saturated heterocycles. The number of rotatable bonds is 8. The van der Waals surface area contributed by atoms with Gasteiger partial charge in [-0.05, 0) is 50.8 Å². The van der Waals surface area contributed by atoms with Gasteiger partial charge in [0, 0.05) is 24.8 Å². The van der Waals surface area contributed by atoms with Crippen LogP contribution in [0.25, 0.3) is 16.3 Å². The highest BCUT2D eigenvalue weighted by Crippen LogP contribution is 2.30. The van der Waals surface area contributed by atoms with Crippen molar-refractivity contribution in [3.63, 3.8) is 0 Å². The fourth-order valence-electron chi connectivity index (χ4n) is 2.86. The minimum atomic E-state index is -0.484. The van der Waals surface area contributed by atoms with Gasteiger partial charge in [-0.1, -0.05) is 29.5 Å². The number of thiazole rings is 1. The topological polar surface area (TPSA) is 79.6 Å². The first-order valence-corrected chi connectivity index (χ1v) is 10.1. The number of aromatic nitrogens is 1. The number of amides is 1. The lowest BCUT2D eigenvalue weighted by Gasteiger charge is -2.19. The van der Waals surface area contributed by atoms with E-state index in [1.807, 2.05) is 19.0 Å². The highest BCUT2D eigenvalue weighted by atomic mass is 32.1. The Bertz CT molecular complexity index is 1100. The fraction of sp³-hybridized carbons (Fsp3) is 0.238. The van der Waals surface area contributed by atoms with Crippen LogP contribution in [-0.4, -0.2) is 47.9 Å². The number of halogens is 1. The average molecular weight is 428 g/mol. The predicted octanol–water partition coefficient (Wildman–Crippen LogP) is 4.34. The van der Waals surface area contributed by atoms with Crippen molar-refractivity contribution in [2.45, 2.75) is 6.42 Å². The Balaban J connectivity index is 1.87. The van der Waals surface area contributed by atoms with Crippen LogP contribution in [0.5, 0.6) is 0 Å². The quantitative estimate of drug-likeness (QED) is 0.303. The lowest BCUT2D eigenvalue weighted by Crippen LogP contribution is -2.32. The molecule has 3 aromatic rings. The molecule has 0 fully saturated rings.